The molecule has 0 aliphatic carbocycles. The highest BCUT2D eigenvalue weighted by Crippen LogP contribution is 2.26. The first kappa shape index (κ1) is 14.8. The molecule has 1 aromatic heterocycles. The van der Waals surface area contributed by atoms with Gasteiger partial charge in [0.05, 0.1) is 6.04 Å². The van der Waals surface area contributed by atoms with Crippen LogP contribution in [0.1, 0.15) is 17.4 Å². The van der Waals surface area contributed by atoms with E-state index >= 15 is 0 Å². The van der Waals surface area contributed by atoms with Crippen molar-refractivity contribution < 1.29 is 4.39 Å². The Kier molecular flexibility index (Phi) is 4.98. The third-order valence-electron chi connectivity index (χ3n) is 2.88. The van der Waals surface area contributed by atoms with Gasteiger partial charge in [-0.1, -0.05) is 34.6 Å². The van der Waals surface area contributed by atoms with Crippen molar-refractivity contribution in [2.75, 3.05) is 13.6 Å². The lowest BCUT2D eigenvalue weighted by Crippen LogP contribution is -2.28. The Balaban J connectivity index is 2.38. The summed E-state index contributed by atoms with van der Waals surface area (Å²) in [7, 11) is 1.96. The number of halogens is 2. The van der Waals surface area contributed by atoms with Crippen molar-refractivity contribution in [3.8, 4) is 0 Å². The minimum absolute atomic E-state index is 0.147. The molecule has 0 aliphatic heterocycles. The second-order valence-corrected chi connectivity index (χ2v) is 5.61. The SMILES string of the molecule is C=C(Br)CN(C)C(c1ccc(F)cc1)c1ncccn1. The van der Waals surface area contributed by atoms with Crippen LogP contribution in [0.5, 0.6) is 0 Å². The third kappa shape index (κ3) is 3.71. The van der Waals surface area contributed by atoms with Gasteiger partial charge >= 0.3 is 0 Å². The van der Waals surface area contributed by atoms with Crippen LogP contribution in [0.25, 0.3) is 0 Å². The molecular formula is C15H15BrFN3. The van der Waals surface area contributed by atoms with E-state index in [0.717, 1.165) is 10.0 Å². The van der Waals surface area contributed by atoms with Crippen LogP contribution >= 0.6 is 15.9 Å². The van der Waals surface area contributed by atoms with Crippen molar-refractivity contribution in [3.05, 3.63) is 71.0 Å². The van der Waals surface area contributed by atoms with E-state index in [1.54, 1.807) is 30.6 Å². The molecule has 0 spiro atoms. The van der Waals surface area contributed by atoms with Gasteiger partial charge in [0.25, 0.3) is 0 Å². The first-order valence-corrected chi connectivity index (χ1v) is 6.93. The molecule has 0 fully saturated rings. The molecular weight excluding hydrogens is 321 g/mol. The van der Waals surface area contributed by atoms with Crippen molar-refractivity contribution in [3.63, 3.8) is 0 Å². The number of nitrogens with zero attached hydrogens (tertiary/aromatic N) is 3. The summed E-state index contributed by atoms with van der Waals surface area (Å²) >= 11 is 3.36. The number of aromatic nitrogens is 2. The topological polar surface area (TPSA) is 29.0 Å². The summed E-state index contributed by atoms with van der Waals surface area (Å²) in [5, 5.41) is 0. The quantitative estimate of drug-likeness (QED) is 0.836. The van der Waals surface area contributed by atoms with Crippen LogP contribution in [0, 0.1) is 5.82 Å². The van der Waals surface area contributed by atoms with Gasteiger partial charge in [-0.05, 0) is 30.8 Å². The van der Waals surface area contributed by atoms with Gasteiger partial charge < -0.3 is 0 Å². The molecule has 2 rings (SSSR count). The fraction of sp³-hybridized carbons (Fsp3) is 0.200. The highest BCUT2D eigenvalue weighted by Gasteiger charge is 2.22. The first-order valence-electron chi connectivity index (χ1n) is 6.14. The molecule has 3 nitrogen and oxygen atoms in total. The lowest BCUT2D eigenvalue weighted by molar-refractivity contribution is 0.297. The van der Waals surface area contributed by atoms with Gasteiger partial charge in [0, 0.05) is 23.4 Å². The van der Waals surface area contributed by atoms with E-state index in [1.165, 1.54) is 12.1 Å². The number of rotatable bonds is 5. The molecule has 0 N–H and O–H groups in total. The zero-order valence-electron chi connectivity index (χ0n) is 11.1. The van der Waals surface area contributed by atoms with Crippen LogP contribution in [0.4, 0.5) is 4.39 Å². The Morgan fingerprint density at radius 3 is 2.45 bits per heavy atom. The van der Waals surface area contributed by atoms with E-state index in [9.17, 15) is 4.39 Å². The maximum Gasteiger partial charge on any atom is 0.149 e. The van der Waals surface area contributed by atoms with E-state index in [2.05, 4.69) is 37.4 Å². The average Bonchev–Trinajstić information content (AvgIpc) is 2.42. The maximum atomic E-state index is 13.1. The van der Waals surface area contributed by atoms with Gasteiger partial charge in [-0.3, -0.25) is 4.90 Å². The molecule has 0 radical (unpaired) electrons. The summed E-state index contributed by atoms with van der Waals surface area (Å²) in [6.45, 7) is 4.49. The molecule has 2 aromatic rings. The smallest absolute Gasteiger partial charge is 0.149 e. The molecule has 0 saturated carbocycles. The number of benzene rings is 1. The normalized spacial score (nSPS) is 12.4. The van der Waals surface area contributed by atoms with Crippen LogP contribution in [0.3, 0.4) is 0 Å². The largest absolute Gasteiger partial charge is 0.288 e. The van der Waals surface area contributed by atoms with Crippen molar-refractivity contribution >= 4 is 15.9 Å². The standard InChI is InChI=1S/C15H15BrFN3/c1-11(16)10-20(2)14(15-18-8-3-9-19-15)12-4-6-13(17)7-5-12/h3-9,14H,1,10H2,2H3. The van der Waals surface area contributed by atoms with Gasteiger partial charge in [-0.15, -0.1) is 0 Å². The molecule has 0 bridgehead atoms. The number of likely N-dealkylation sites (N-methyl/N-ethyl adjacent to an activating group) is 1. The van der Waals surface area contributed by atoms with Gasteiger partial charge in [0.15, 0.2) is 0 Å². The van der Waals surface area contributed by atoms with E-state index in [-0.39, 0.29) is 11.9 Å². The summed E-state index contributed by atoms with van der Waals surface area (Å²) in [5.41, 5.74) is 0.939. The molecule has 0 aliphatic rings. The number of hydrogen-bond acceptors (Lipinski definition) is 3. The van der Waals surface area contributed by atoms with Crippen LogP contribution < -0.4 is 0 Å². The van der Waals surface area contributed by atoms with E-state index in [4.69, 9.17) is 0 Å². The molecule has 1 unspecified atom stereocenters. The zero-order valence-corrected chi connectivity index (χ0v) is 12.7. The Hall–Kier alpha value is -1.59. The third-order valence-corrected chi connectivity index (χ3v) is 3.13. The lowest BCUT2D eigenvalue weighted by atomic mass is 10.0. The van der Waals surface area contributed by atoms with Crippen molar-refractivity contribution in [1.82, 2.24) is 14.9 Å². The Labute approximate surface area is 126 Å². The summed E-state index contributed by atoms with van der Waals surface area (Å²) in [6, 6.07) is 8.03. The Bertz CT molecular complexity index is 571. The summed E-state index contributed by atoms with van der Waals surface area (Å²) in [4.78, 5) is 10.7. The summed E-state index contributed by atoms with van der Waals surface area (Å²) < 4.78 is 14.0. The molecule has 104 valence electrons. The zero-order chi connectivity index (χ0) is 14.5. The van der Waals surface area contributed by atoms with Gasteiger partial charge in [0.1, 0.15) is 11.6 Å². The second kappa shape index (κ2) is 6.72. The molecule has 5 heteroatoms. The lowest BCUT2D eigenvalue weighted by Gasteiger charge is -2.27. The van der Waals surface area contributed by atoms with Crippen LogP contribution in [-0.4, -0.2) is 28.5 Å². The maximum absolute atomic E-state index is 13.1. The Morgan fingerprint density at radius 1 is 1.30 bits per heavy atom. The van der Waals surface area contributed by atoms with Crippen molar-refractivity contribution in [2.24, 2.45) is 0 Å². The van der Waals surface area contributed by atoms with E-state index in [0.29, 0.717) is 12.4 Å². The molecule has 1 aromatic carbocycles. The molecule has 20 heavy (non-hydrogen) atoms. The van der Waals surface area contributed by atoms with E-state index < -0.39 is 0 Å². The Morgan fingerprint density at radius 2 is 1.90 bits per heavy atom. The molecule has 0 amide bonds. The molecule has 0 saturated heterocycles. The fourth-order valence-corrected chi connectivity index (χ4v) is 2.46. The van der Waals surface area contributed by atoms with Crippen LogP contribution in [-0.2, 0) is 0 Å². The summed E-state index contributed by atoms with van der Waals surface area (Å²) in [5.74, 6) is 0.421. The van der Waals surface area contributed by atoms with E-state index in [1.807, 2.05) is 7.05 Å². The monoisotopic (exact) mass is 335 g/mol. The molecule has 1 atom stereocenters. The van der Waals surface area contributed by atoms with Crippen molar-refractivity contribution in [2.45, 2.75) is 6.04 Å². The minimum Gasteiger partial charge on any atom is -0.288 e. The predicted octanol–water partition coefficient (Wildman–Crippen LogP) is 3.55. The van der Waals surface area contributed by atoms with Gasteiger partial charge in [-0.25, -0.2) is 14.4 Å². The number of hydrogen-bond donors (Lipinski definition) is 0. The van der Waals surface area contributed by atoms with Crippen LogP contribution in [0.15, 0.2) is 53.8 Å². The summed E-state index contributed by atoms with van der Waals surface area (Å²) in [6.07, 6.45) is 3.41. The first-order chi connectivity index (χ1) is 9.58. The van der Waals surface area contributed by atoms with Gasteiger partial charge in [-0.2, -0.15) is 0 Å². The van der Waals surface area contributed by atoms with Crippen LogP contribution in [0.2, 0.25) is 0 Å². The highest BCUT2D eigenvalue weighted by atomic mass is 79.9. The van der Waals surface area contributed by atoms with Crippen molar-refractivity contribution in [1.29, 1.82) is 0 Å². The van der Waals surface area contributed by atoms with Gasteiger partial charge in [0.2, 0.25) is 0 Å². The minimum atomic E-state index is -0.256. The predicted molar refractivity (Wildman–Crippen MR) is 81.0 cm³/mol. The molecule has 1 heterocycles. The average molecular weight is 336 g/mol. The fourth-order valence-electron chi connectivity index (χ4n) is 2.06. The highest BCUT2D eigenvalue weighted by molar-refractivity contribution is 9.11. The second-order valence-electron chi connectivity index (χ2n) is 4.49.